The van der Waals surface area contributed by atoms with E-state index in [1.165, 1.54) is 11.3 Å². The van der Waals surface area contributed by atoms with Crippen molar-refractivity contribution in [1.82, 2.24) is 4.98 Å². The lowest BCUT2D eigenvalue weighted by molar-refractivity contribution is -0.120. The first-order valence-corrected chi connectivity index (χ1v) is 9.74. The number of aryl methyl sites for hydroxylation is 1. The summed E-state index contributed by atoms with van der Waals surface area (Å²) in [6, 6.07) is 12.5. The highest BCUT2D eigenvalue weighted by molar-refractivity contribution is 7.16. The van der Waals surface area contributed by atoms with Crippen molar-refractivity contribution in [3.05, 3.63) is 52.9 Å². The van der Waals surface area contributed by atoms with Crippen LogP contribution in [0.2, 0.25) is 0 Å². The lowest BCUT2D eigenvalue weighted by Crippen LogP contribution is -2.35. The van der Waals surface area contributed by atoms with Crippen molar-refractivity contribution in [1.29, 1.82) is 0 Å². The van der Waals surface area contributed by atoms with Gasteiger partial charge in [-0.15, -0.1) is 11.3 Å². The molecule has 2 aromatic carbocycles. The summed E-state index contributed by atoms with van der Waals surface area (Å²) in [6.45, 7) is 1.99. The van der Waals surface area contributed by atoms with Crippen LogP contribution in [0, 0.1) is 6.92 Å². The van der Waals surface area contributed by atoms with Gasteiger partial charge >= 0.3 is 0 Å². The van der Waals surface area contributed by atoms with Gasteiger partial charge in [-0.25, -0.2) is 4.98 Å². The van der Waals surface area contributed by atoms with Crippen molar-refractivity contribution < 1.29 is 19.1 Å². The molecule has 0 spiro atoms. The van der Waals surface area contributed by atoms with E-state index in [0.29, 0.717) is 27.9 Å². The smallest absolute Gasteiger partial charge is 0.264 e. The van der Waals surface area contributed by atoms with Crippen molar-refractivity contribution >= 4 is 34.0 Å². The molecule has 0 bridgehead atoms. The molecule has 1 aliphatic rings. The minimum atomic E-state index is -0.239. The van der Waals surface area contributed by atoms with Gasteiger partial charge in [-0.3, -0.25) is 14.9 Å². The second-order valence-corrected chi connectivity index (χ2v) is 7.73. The molecule has 0 saturated heterocycles. The first-order chi connectivity index (χ1) is 14.0. The minimum absolute atomic E-state index is 0.0418. The van der Waals surface area contributed by atoms with E-state index in [1.807, 2.05) is 25.1 Å². The molecule has 0 atom stereocenters. The Morgan fingerprint density at radius 3 is 2.72 bits per heavy atom. The number of hydrogen-bond donors (Lipinski definition) is 1. The Morgan fingerprint density at radius 1 is 1.24 bits per heavy atom. The highest BCUT2D eigenvalue weighted by Gasteiger charge is 2.23. The molecule has 3 aromatic rings. The fourth-order valence-electron chi connectivity index (χ4n) is 3.05. The van der Waals surface area contributed by atoms with Crippen LogP contribution in [0.5, 0.6) is 11.5 Å². The molecule has 0 aliphatic carbocycles. The van der Waals surface area contributed by atoms with Crippen LogP contribution < -0.4 is 19.7 Å². The van der Waals surface area contributed by atoms with E-state index in [2.05, 4.69) is 10.3 Å². The number of hydrogen-bond acceptors (Lipinski definition) is 6. The van der Waals surface area contributed by atoms with Gasteiger partial charge in [0.25, 0.3) is 11.8 Å². The average molecular weight is 409 g/mol. The third-order valence-corrected chi connectivity index (χ3v) is 5.57. The molecule has 29 heavy (non-hydrogen) atoms. The van der Waals surface area contributed by atoms with Gasteiger partial charge in [-0.2, -0.15) is 0 Å². The van der Waals surface area contributed by atoms with E-state index >= 15 is 0 Å². The summed E-state index contributed by atoms with van der Waals surface area (Å²) in [7, 11) is 3.30. The van der Waals surface area contributed by atoms with Crippen molar-refractivity contribution in [2.45, 2.75) is 6.92 Å². The van der Waals surface area contributed by atoms with Gasteiger partial charge in [0, 0.05) is 23.1 Å². The van der Waals surface area contributed by atoms with Gasteiger partial charge in [0.1, 0.15) is 11.5 Å². The molecule has 0 saturated carbocycles. The summed E-state index contributed by atoms with van der Waals surface area (Å²) in [6.07, 6.45) is 0. The Bertz CT molecular complexity index is 1090. The number of carbonyl (C=O) groups excluding carboxylic acids is 2. The van der Waals surface area contributed by atoms with E-state index in [1.54, 1.807) is 43.3 Å². The van der Waals surface area contributed by atoms with E-state index in [0.717, 1.165) is 16.1 Å². The molecular weight excluding hydrogens is 390 g/mol. The van der Waals surface area contributed by atoms with Gasteiger partial charge in [0.2, 0.25) is 0 Å². The highest BCUT2D eigenvalue weighted by atomic mass is 32.1. The highest BCUT2D eigenvalue weighted by Crippen LogP contribution is 2.37. The Kier molecular flexibility index (Phi) is 4.94. The van der Waals surface area contributed by atoms with Crippen LogP contribution in [-0.4, -0.2) is 37.6 Å². The van der Waals surface area contributed by atoms with Gasteiger partial charge < -0.3 is 14.4 Å². The number of likely N-dealkylation sites (N-methyl/N-ethyl adjacent to an activating group) is 1. The Balaban J connectivity index is 1.58. The zero-order chi connectivity index (χ0) is 20.5. The second kappa shape index (κ2) is 7.56. The minimum Gasteiger partial charge on any atom is -0.497 e. The molecule has 8 heteroatoms. The third-order valence-electron chi connectivity index (χ3n) is 4.69. The first kappa shape index (κ1) is 18.9. The number of methoxy groups -OCH3 is 1. The van der Waals surface area contributed by atoms with E-state index in [4.69, 9.17) is 9.47 Å². The molecule has 0 radical (unpaired) electrons. The van der Waals surface area contributed by atoms with Crippen molar-refractivity contribution in [3.8, 4) is 22.8 Å². The predicted molar refractivity (Wildman–Crippen MR) is 112 cm³/mol. The number of thiazole rings is 1. The van der Waals surface area contributed by atoms with Crippen LogP contribution in [0.1, 0.15) is 15.2 Å². The number of carbonyl (C=O) groups is 2. The maximum atomic E-state index is 12.5. The second-order valence-electron chi connectivity index (χ2n) is 6.53. The predicted octanol–water partition coefficient (Wildman–Crippen LogP) is 3.73. The van der Waals surface area contributed by atoms with Gasteiger partial charge in [0.05, 0.1) is 18.5 Å². The van der Waals surface area contributed by atoms with Gasteiger partial charge in [-0.1, -0.05) is 0 Å². The third kappa shape index (κ3) is 3.66. The topological polar surface area (TPSA) is 80.8 Å². The standard InChI is InChI=1S/C21H19N3O4S/c1-12-19(14-6-9-17-16(10-14)24(2)18(25)11-28-17)22-21(29-12)23-20(26)13-4-7-15(27-3)8-5-13/h4-10H,11H2,1-3H3,(H,22,23,26). The molecule has 1 aromatic heterocycles. The van der Waals surface area contributed by atoms with Crippen molar-refractivity contribution in [2.24, 2.45) is 0 Å². The molecule has 2 amide bonds. The van der Waals surface area contributed by atoms with Gasteiger partial charge in [-0.05, 0) is 49.4 Å². The monoisotopic (exact) mass is 409 g/mol. The molecular formula is C21H19N3O4S. The van der Waals surface area contributed by atoms with Crippen LogP contribution in [0.15, 0.2) is 42.5 Å². The molecule has 1 aliphatic heterocycles. The van der Waals surface area contributed by atoms with E-state index < -0.39 is 0 Å². The number of nitrogens with zero attached hydrogens (tertiary/aromatic N) is 2. The van der Waals surface area contributed by atoms with Crippen LogP contribution in [0.25, 0.3) is 11.3 Å². The quantitative estimate of drug-likeness (QED) is 0.710. The number of fused-ring (bicyclic) bond motifs is 1. The Morgan fingerprint density at radius 2 is 2.00 bits per heavy atom. The molecule has 2 heterocycles. The van der Waals surface area contributed by atoms with Gasteiger partial charge in [0.15, 0.2) is 11.7 Å². The number of benzene rings is 2. The Labute approximate surface area is 171 Å². The van der Waals surface area contributed by atoms with E-state index in [-0.39, 0.29) is 18.4 Å². The summed E-state index contributed by atoms with van der Waals surface area (Å²) in [5.41, 5.74) is 2.84. The summed E-state index contributed by atoms with van der Waals surface area (Å²) in [5.74, 6) is 1.01. The Hall–Kier alpha value is -3.39. The molecule has 1 N–H and O–H groups in total. The number of ether oxygens (including phenoxy) is 2. The lowest BCUT2D eigenvalue weighted by Gasteiger charge is -2.26. The number of rotatable bonds is 4. The summed E-state index contributed by atoms with van der Waals surface area (Å²) in [5, 5.41) is 3.35. The molecule has 7 nitrogen and oxygen atoms in total. The fourth-order valence-corrected chi connectivity index (χ4v) is 3.88. The number of nitrogens with one attached hydrogen (secondary N) is 1. The van der Waals surface area contributed by atoms with Crippen LogP contribution in [0.4, 0.5) is 10.8 Å². The van der Waals surface area contributed by atoms with Crippen molar-refractivity contribution in [3.63, 3.8) is 0 Å². The van der Waals surface area contributed by atoms with Crippen LogP contribution in [-0.2, 0) is 4.79 Å². The van der Waals surface area contributed by atoms with E-state index in [9.17, 15) is 9.59 Å². The number of amides is 2. The number of aromatic nitrogens is 1. The normalized spacial score (nSPS) is 12.9. The molecule has 0 fully saturated rings. The average Bonchev–Trinajstić information content (AvgIpc) is 3.10. The van der Waals surface area contributed by atoms with Crippen molar-refractivity contribution in [2.75, 3.05) is 31.0 Å². The zero-order valence-corrected chi connectivity index (χ0v) is 17.0. The zero-order valence-electron chi connectivity index (χ0n) is 16.2. The number of anilines is 2. The molecule has 4 rings (SSSR count). The van der Waals surface area contributed by atoms with Crippen LogP contribution >= 0.6 is 11.3 Å². The summed E-state index contributed by atoms with van der Waals surface area (Å²) >= 11 is 1.40. The molecule has 0 unspecified atom stereocenters. The largest absolute Gasteiger partial charge is 0.497 e. The maximum absolute atomic E-state index is 12.5. The summed E-state index contributed by atoms with van der Waals surface area (Å²) < 4.78 is 10.6. The SMILES string of the molecule is COc1ccc(C(=O)Nc2nc(-c3ccc4c(c3)N(C)C(=O)CO4)c(C)s2)cc1. The fraction of sp³-hybridized carbons (Fsp3) is 0.190. The lowest BCUT2D eigenvalue weighted by atomic mass is 10.1. The van der Waals surface area contributed by atoms with Crippen LogP contribution in [0.3, 0.4) is 0 Å². The first-order valence-electron chi connectivity index (χ1n) is 8.93. The maximum Gasteiger partial charge on any atom is 0.264 e. The molecule has 148 valence electrons. The summed E-state index contributed by atoms with van der Waals surface area (Å²) in [4.78, 5) is 31.5.